The standard InChI is InChI=1S/C25H27N5O2S/c1-2-20-16-21-23(27-25(28-24(21)33-20)26-17-19-9-6-14-32-19)30-12-10-29(11-13-30)22(31)15-18-7-4-3-5-8-18/h3-9,14,16H,2,10-13,15,17H2,1H3,(H,26,27,28). The molecule has 4 heterocycles. The lowest BCUT2D eigenvalue weighted by Gasteiger charge is -2.35. The number of nitrogens with zero attached hydrogens (tertiary/aromatic N) is 4. The van der Waals surface area contributed by atoms with Gasteiger partial charge >= 0.3 is 0 Å². The molecular weight excluding hydrogens is 434 g/mol. The molecule has 0 bridgehead atoms. The van der Waals surface area contributed by atoms with Gasteiger partial charge in [-0.05, 0) is 30.2 Å². The van der Waals surface area contributed by atoms with E-state index in [-0.39, 0.29) is 5.91 Å². The second-order valence-corrected chi connectivity index (χ2v) is 9.23. The SMILES string of the molecule is CCc1cc2c(N3CCN(C(=O)Cc4ccccc4)CC3)nc(NCc3ccco3)nc2s1. The smallest absolute Gasteiger partial charge is 0.227 e. The molecule has 0 aliphatic carbocycles. The van der Waals surface area contributed by atoms with Crippen molar-refractivity contribution in [1.82, 2.24) is 14.9 Å². The lowest BCUT2D eigenvalue weighted by atomic mass is 10.1. The van der Waals surface area contributed by atoms with Crippen LogP contribution in [0.15, 0.2) is 59.2 Å². The molecule has 5 rings (SSSR count). The summed E-state index contributed by atoms with van der Waals surface area (Å²) >= 11 is 1.71. The topological polar surface area (TPSA) is 74.5 Å². The van der Waals surface area contributed by atoms with Gasteiger partial charge in [-0.25, -0.2) is 4.98 Å². The van der Waals surface area contributed by atoms with Crippen molar-refractivity contribution in [1.29, 1.82) is 0 Å². The van der Waals surface area contributed by atoms with Gasteiger partial charge in [0.1, 0.15) is 16.4 Å². The fraction of sp³-hybridized carbons (Fsp3) is 0.320. The molecule has 1 amide bonds. The van der Waals surface area contributed by atoms with E-state index in [1.165, 1.54) is 4.88 Å². The number of amides is 1. The second-order valence-electron chi connectivity index (χ2n) is 8.12. The lowest BCUT2D eigenvalue weighted by Crippen LogP contribution is -2.49. The van der Waals surface area contributed by atoms with E-state index in [1.54, 1.807) is 17.6 Å². The zero-order valence-corrected chi connectivity index (χ0v) is 19.5. The molecule has 8 heteroatoms. The zero-order valence-electron chi connectivity index (χ0n) is 18.7. The Bertz CT molecular complexity index is 1210. The van der Waals surface area contributed by atoms with Crippen LogP contribution in [-0.2, 0) is 24.2 Å². The Morgan fingerprint density at radius 2 is 1.91 bits per heavy atom. The Kier molecular flexibility index (Phi) is 6.26. The number of aromatic nitrogens is 2. The van der Waals surface area contributed by atoms with Gasteiger partial charge in [-0.1, -0.05) is 37.3 Å². The highest BCUT2D eigenvalue weighted by atomic mass is 32.1. The van der Waals surface area contributed by atoms with E-state index in [0.29, 0.717) is 32.0 Å². The number of fused-ring (bicyclic) bond motifs is 1. The quantitative estimate of drug-likeness (QED) is 0.441. The highest BCUT2D eigenvalue weighted by Crippen LogP contribution is 2.33. The van der Waals surface area contributed by atoms with Crippen LogP contribution >= 0.6 is 11.3 Å². The number of anilines is 2. The molecule has 0 spiro atoms. The van der Waals surface area contributed by atoms with Crippen molar-refractivity contribution in [2.75, 3.05) is 36.4 Å². The van der Waals surface area contributed by atoms with Crippen LogP contribution < -0.4 is 10.2 Å². The first-order valence-corrected chi connectivity index (χ1v) is 12.1. The maximum atomic E-state index is 12.8. The Morgan fingerprint density at radius 3 is 2.64 bits per heavy atom. The predicted molar refractivity (Wildman–Crippen MR) is 132 cm³/mol. The zero-order chi connectivity index (χ0) is 22.6. The van der Waals surface area contributed by atoms with Crippen LogP contribution in [0, 0.1) is 0 Å². The Hall–Kier alpha value is -3.39. The molecule has 0 unspecified atom stereocenters. The first kappa shape index (κ1) is 21.5. The lowest BCUT2D eigenvalue weighted by molar-refractivity contribution is -0.130. The van der Waals surface area contributed by atoms with Gasteiger partial charge in [0.15, 0.2) is 0 Å². The molecule has 1 aliphatic heterocycles. The van der Waals surface area contributed by atoms with Gasteiger partial charge in [0, 0.05) is 31.1 Å². The van der Waals surface area contributed by atoms with Crippen molar-refractivity contribution >= 4 is 39.2 Å². The largest absolute Gasteiger partial charge is 0.467 e. The van der Waals surface area contributed by atoms with E-state index in [1.807, 2.05) is 47.4 Å². The van der Waals surface area contributed by atoms with Gasteiger partial charge in [-0.15, -0.1) is 11.3 Å². The normalized spacial score (nSPS) is 14.1. The number of rotatable bonds is 7. The molecule has 4 aromatic rings. The monoisotopic (exact) mass is 461 g/mol. The van der Waals surface area contributed by atoms with E-state index in [0.717, 1.165) is 46.9 Å². The number of hydrogen-bond acceptors (Lipinski definition) is 7. The first-order valence-electron chi connectivity index (χ1n) is 11.3. The average Bonchev–Trinajstić information content (AvgIpc) is 3.52. The minimum absolute atomic E-state index is 0.179. The van der Waals surface area contributed by atoms with E-state index < -0.39 is 0 Å². The number of thiophene rings is 1. The van der Waals surface area contributed by atoms with Crippen molar-refractivity contribution in [2.24, 2.45) is 0 Å². The highest BCUT2D eigenvalue weighted by Gasteiger charge is 2.24. The molecule has 3 aromatic heterocycles. The molecule has 1 aromatic carbocycles. The van der Waals surface area contributed by atoms with Crippen molar-refractivity contribution in [3.05, 3.63) is 71.0 Å². The number of hydrogen-bond donors (Lipinski definition) is 1. The summed E-state index contributed by atoms with van der Waals surface area (Å²) in [5.41, 5.74) is 1.06. The molecule has 0 saturated carbocycles. The number of aryl methyl sites for hydroxylation is 1. The van der Waals surface area contributed by atoms with E-state index >= 15 is 0 Å². The van der Waals surface area contributed by atoms with Crippen LogP contribution in [0.3, 0.4) is 0 Å². The van der Waals surface area contributed by atoms with Gasteiger partial charge in [0.2, 0.25) is 11.9 Å². The molecule has 0 atom stereocenters. The summed E-state index contributed by atoms with van der Waals surface area (Å²) in [6, 6.07) is 15.9. The summed E-state index contributed by atoms with van der Waals surface area (Å²) in [5, 5.41) is 4.39. The van der Waals surface area contributed by atoms with E-state index in [9.17, 15) is 4.79 Å². The average molecular weight is 462 g/mol. The third-order valence-electron chi connectivity index (χ3n) is 5.90. The molecule has 1 N–H and O–H groups in total. The molecule has 33 heavy (non-hydrogen) atoms. The number of carbonyl (C=O) groups is 1. The first-order chi connectivity index (χ1) is 16.2. The van der Waals surface area contributed by atoms with Crippen molar-refractivity contribution in [3.63, 3.8) is 0 Å². The van der Waals surface area contributed by atoms with E-state index in [4.69, 9.17) is 14.4 Å². The maximum Gasteiger partial charge on any atom is 0.227 e. The fourth-order valence-corrected chi connectivity index (χ4v) is 5.04. The van der Waals surface area contributed by atoms with Gasteiger partial charge in [-0.3, -0.25) is 4.79 Å². The predicted octanol–water partition coefficient (Wildman–Crippen LogP) is 4.35. The molecule has 0 radical (unpaired) electrons. The molecular formula is C25H27N5O2S. The van der Waals surface area contributed by atoms with Crippen LogP contribution in [0.1, 0.15) is 23.1 Å². The molecule has 7 nitrogen and oxygen atoms in total. The maximum absolute atomic E-state index is 12.8. The summed E-state index contributed by atoms with van der Waals surface area (Å²) in [5.74, 6) is 2.55. The molecule has 170 valence electrons. The minimum atomic E-state index is 0.179. The van der Waals surface area contributed by atoms with Crippen molar-refractivity contribution in [3.8, 4) is 0 Å². The third-order valence-corrected chi connectivity index (χ3v) is 7.08. The van der Waals surface area contributed by atoms with Gasteiger partial charge in [0.05, 0.1) is 24.6 Å². The number of piperazine rings is 1. The van der Waals surface area contributed by atoms with Crippen LogP contribution in [0.5, 0.6) is 0 Å². The summed E-state index contributed by atoms with van der Waals surface area (Å²) in [7, 11) is 0. The Labute approximate surface area is 197 Å². The van der Waals surface area contributed by atoms with Gasteiger partial charge < -0.3 is 19.5 Å². The van der Waals surface area contributed by atoms with Crippen LogP contribution in [0.2, 0.25) is 0 Å². The van der Waals surface area contributed by atoms with Gasteiger partial charge in [0.25, 0.3) is 0 Å². The molecule has 1 saturated heterocycles. The number of carbonyl (C=O) groups excluding carboxylic acids is 1. The summed E-state index contributed by atoms with van der Waals surface area (Å²) in [4.78, 5) is 28.9. The van der Waals surface area contributed by atoms with Crippen molar-refractivity contribution in [2.45, 2.75) is 26.3 Å². The fourth-order valence-electron chi connectivity index (χ4n) is 4.08. The van der Waals surface area contributed by atoms with Crippen LogP contribution in [-0.4, -0.2) is 47.0 Å². The summed E-state index contributed by atoms with van der Waals surface area (Å²) in [6.07, 6.45) is 3.08. The Morgan fingerprint density at radius 1 is 1.09 bits per heavy atom. The Balaban J connectivity index is 1.32. The van der Waals surface area contributed by atoms with Crippen LogP contribution in [0.4, 0.5) is 11.8 Å². The number of nitrogens with one attached hydrogen (secondary N) is 1. The number of furan rings is 1. The third kappa shape index (κ3) is 4.85. The summed E-state index contributed by atoms with van der Waals surface area (Å²) < 4.78 is 5.42. The minimum Gasteiger partial charge on any atom is -0.467 e. The van der Waals surface area contributed by atoms with Gasteiger partial charge in [-0.2, -0.15) is 4.98 Å². The van der Waals surface area contributed by atoms with E-state index in [2.05, 4.69) is 23.2 Å². The summed E-state index contributed by atoms with van der Waals surface area (Å²) in [6.45, 7) is 5.58. The molecule has 1 fully saturated rings. The highest BCUT2D eigenvalue weighted by molar-refractivity contribution is 7.18. The second kappa shape index (κ2) is 9.62. The number of benzene rings is 1. The molecule has 1 aliphatic rings. The van der Waals surface area contributed by atoms with Crippen LogP contribution in [0.25, 0.3) is 10.2 Å². The van der Waals surface area contributed by atoms with Crippen molar-refractivity contribution < 1.29 is 9.21 Å².